The van der Waals surface area contributed by atoms with E-state index in [1.54, 1.807) is 0 Å². The largest absolute Gasteiger partial charge is 0.373 e. The summed E-state index contributed by atoms with van der Waals surface area (Å²) < 4.78 is 31.2. The number of nitrogens with zero attached hydrogens (tertiary/aromatic N) is 1. The zero-order chi connectivity index (χ0) is 12.6. The summed E-state index contributed by atoms with van der Waals surface area (Å²) >= 11 is 0. The monoisotopic (exact) mass is 253 g/mol. The first-order chi connectivity index (χ1) is 8.62. The van der Waals surface area contributed by atoms with E-state index in [-0.39, 0.29) is 19.2 Å². The second kappa shape index (κ2) is 4.59. The molecule has 0 amide bonds. The number of benzene rings is 1. The lowest BCUT2D eigenvalue weighted by Crippen LogP contribution is -2.63. The van der Waals surface area contributed by atoms with Crippen molar-refractivity contribution >= 4 is 0 Å². The lowest BCUT2D eigenvalue weighted by atomic mass is 9.85. The van der Waals surface area contributed by atoms with E-state index < -0.39 is 5.92 Å². The van der Waals surface area contributed by atoms with E-state index >= 15 is 0 Å². The predicted molar refractivity (Wildman–Crippen MR) is 64.6 cm³/mol. The fourth-order valence-electron chi connectivity index (χ4n) is 2.57. The van der Waals surface area contributed by atoms with E-state index in [2.05, 4.69) is 0 Å². The second-order valence-corrected chi connectivity index (χ2v) is 5.30. The highest BCUT2D eigenvalue weighted by Gasteiger charge is 2.49. The molecule has 0 radical (unpaired) electrons. The summed E-state index contributed by atoms with van der Waals surface area (Å²) in [6.45, 7) is 0.487. The molecule has 98 valence electrons. The average molecular weight is 253 g/mol. The van der Waals surface area contributed by atoms with Gasteiger partial charge >= 0.3 is 0 Å². The van der Waals surface area contributed by atoms with Crippen molar-refractivity contribution in [3.8, 4) is 0 Å². The Hall–Kier alpha value is -1.00. The molecule has 2 nitrogen and oxygen atoms in total. The Bertz CT molecular complexity index is 396. The van der Waals surface area contributed by atoms with Crippen molar-refractivity contribution < 1.29 is 13.5 Å². The highest BCUT2D eigenvalue weighted by Crippen LogP contribution is 2.37. The van der Waals surface area contributed by atoms with E-state index in [1.165, 1.54) is 0 Å². The van der Waals surface area contributed by atoms with Crippen LogP contribution < -0.4 is 0 Å². The van der Waals surface area contributed by atoms with Crippen LogP contribution in [-0.2, 0) is 11.3 Å². The standard InChI is InChI=1S/C14H17F2NO/c15-14(16)9-17(10-14)12-6-13(7-12)18-8-11-4-2-1-3-5-11/h1-5,12-13H,6-10H2/t12-,13+. The molecular weight excluding hydrogens is 236 g/mol. The maximum atomic E-state index is 12.7. The molecule has 1 saturated carbocycles. The van der Waals surface area contributed by atoms with Gasteiger partial charge in [0.15, 0.2) is 0 Å². The van der Waals surface area contributed by atoms with Gasteiger partial charge in [-0.3, -0.25) is 4.90 Å². The van der Waals surface area contributed by atoms with Crippen LogP contribution in [0.4, 0.5) is 8.78 Å². The fraction of sp³-hybridized carbons (Fsp3) is 0.571. The SMILES string of the molecule is FC1(F)CN([C@H]2C[C@@H](OCc3ccccc3)C2)C1. The number of likely N-dealkylation sites (tertiary alicyclic amines) is 1. The van der Waals surface area contributed by atoms with Gasteiger partial charge in [-0.15, -0.1) is 0 Å². The smallest absolute Gasteiger partial charge is 0.272 e. The molecule has 0 aromatic heterocycles. The number of hydrogen-bond donors (Lipinski definition) is 0. The third-order valence-electron chi connectivity index (χ3n) is 3.78. The van der Waals surface area contributed by atoms with Gasteiger partial charge in [-0.25, -0.2) is 8.78 Å². The Morgan fingerprint density at radius 2 is 1.83 bits per heavy atom. The van der Waals surface area contributed by atoms with Gasteiger partial charge in [0.1, 0.15) is 0 Å². The molecule has 1 saturated heterocycles. The zero-order valence-electron chi connectivity index (χ0n) is 10.2. The van der Waals surface area contributed by atoms with E-state index in [1.807, 2.05) is 35.2 Å². The van der Waals surface area contributed by atoms with Crippen LogP contribution in [0, 0.1) is 0 Å². The summed E-state index contributed by atoms with van der Waals surface area (Å²) in [5.41, 5.74) is 1.16. The molecule has 0 spiro atoms. The quantitative estimate of drug-likeness (QED) is 0.818. The van der Waals surface area contributed by atoms with Crippen LogP contribution in [0.15, 0.2) is 30.3 Å². The van der Waals surface area contributed by atoms with E-state index in [4.69, 9.17) is 4.74 Å². The molecule has 2 aliphatic rings. The molecule has 0 N–H and O–H groups in total. The molecule has 0 bridgehead atoms. The molecule has 3 rings (SSSR count). The summed E-state index contributed by atoms with van der Waals surface area (Å²) in [4.78, 5) is 1.86. The lowest BCUT2D eigenvalue weighted by molar-refractivity contribution is -0.174. The molecule has 0 atom stereocenters. The number of alkyl halides is 2. The predicted octanol–water partition coefficient (Wildman–Crippen LogP) is 2.69. The topological polar surface area (TPSA) is 12.5 Å². The van der Waals surface area contributed by atoms with E-state index in [0.29, 0.717) is 12.6 Å². The molecule has 0 unspecified atom stereocenters. The Morgan fingerprint density at radius 3 is 2.44 bits per heavy atom. The molecule has 1 aromatic carbocycles. The Balaban J connectivity index is 1.36. The number of halogens is 2. The molecule has 1 aliphatic carbocycles. The molecule has 1 aromatic rings. The Kier molecular flexibility index (Phi) is 3.08. The third kappa shape index (κ3) is 2.54. The van der Waals surface area contributed by atoms with Crippen LogP contribution in [0.1, 0.15) is 18.4 Å². The highest BCUT2D eigenvalue weighted by atomic mass is 19.3. The maximum Gasteiger partial charge on any atom is 0.272 e. The highest BCUT2D eigenvalue weighted by molar-refractivity contribution is 5.13. The van der Waals surface area contributed by atoms with Gasteiger partial charge in [-0.2, -0.15) is 0 Å². The minimum Gasteiger partial charge on any atom is -0.373 e. The first-order valence-electron chi connectivity index (χ1n) is 6.40. The van der Waals surface area contributed by atoms with Crippen LogP contribution in [0.5, 0.6) is 0 Å². The number of rotatable bonds is 4. The van der Waals surface area contributed by atoms with E-state index in [9.17, 15) is 8.78 Å². The van der Waals surface area contributed by atoms with Gasteiger partial charge in [0.05, 0.1) is 25.8 Å². The van der Waals surface area contributed by atoms with Crippen molar-refractivity contribution in [2.24, 2.45) is 0 Å². The normalized spacial score (nSPS) is 30.6. The van der Waals surface area contributed by atoms with Crippen LogP contribution in [-0.4, -0.2) is 36.1 Å². The first kappa shape index (κ1) is 12.1. The van der Waals surface area contributed by atoms with Crippen LogP contribution in [0.2, 0.25) is 0 Å². The molecule has 4 heteroatoms. The van der Waals surface area contributed by atoms with Gasteiger partial charge in [0.25, 0.3) is 5.92 Å². The van der Waals surface area contributed by atoms with Crippen LogP contribution in [0.25, 0.3) is 0 Å². The summed E-state index contributed by atoms with van der Waals surface area (Å²) in [6.07, 6.45) is 2.02. The minimum absolute atomic E-state index is 0.0664. The third-order valence-corrected chi connectivity index (χ3v) is 3.78. The van der Waals surface area contributed by atoms with Gasteiger partial charge in [0, 0.05) is 6.04 Å². The first-order valence-corrected chi connectivity index (χ1v) is 6.40. The molecule has 1 aliphatic heterocycles. The zero-order valence-corrected chi connectivity index (χ0v) is 10.2. The summed E-state index contributed by atoms with van der Waals surface area (Å²) in [7, 11) is 0. The molecular formula is C14H17F2NO. The number of hydrogen-bond acceptors (Lipinski definition) is 2. The van der Waals surface area contributed by atoms with Crippen molar-refractivity contribution in [1.29, 1.82) is 0 Å². The number of ether oxygens (including phenoxy) is 1. The average Bonchev–Trinajstić information content (AvgIpc) is 2.25. The Morgan fingerprint density at radius 1 is 1.17 bits per heavy atom. The second-order valence-electron chi connectivity index (χ2n) is 5.30. The van der Waals surface area contributed by atoms with Crippen molar-refractivity contribution in [1.82, 2.24) is 4.90 Å². The molecule has 1 heterocycles. The van der Waals surface area contributed by atoms with Crippen molar-refractivity contribution in [2.45, 2.75) is 37.5 Å². The maximum absolute atomic E-state index is 12.7. The lowest BCUT2D eigenvalue weighted by Gasteiger charge is -2.49. The van der Waals surface area contributed by atoms with Crippen molar-refractivity contribution in [3.05, 3.63) is 35.9 Å². The minimum atomic E-state index is -2.45. The summed E-state index contributed by atoms with van der Waals surface area (Å²) in [5, 5.41) is 0. The van der Waals surface area contributed by atoms with Gasteiger partial charge in [-0.05, 0) is 18.4 Å². The summed E-state index contributed by atoms with van der Waals surface area (Å²) in [5.74, 6) is -2.45. The van der Waals surface area contributed by atoms with E-state index in [0.717, 1.165) is 18.4 Å². The van der Waals surface area contributed by atoms with Gasteiger partial charge < -0.3 is 4.74 Å². The fourth-order valence-corrected chi connectivity index (χ4v) is 2.57. The summed E-state index contributed by atoms with van der Waals surface area (Å²) in [6, 6.07) is 10.3. The molecule has 18 heavy (non-hydrogen) atoms. The van der Waals surface area contributed by atoms with Crippen LogP contribution in [0.3, 0.4) is 0 Å². The van der Waals surface area contributed by atoms with Crippen molar-refractivity contribution in [2.75, 3.05) is 13.1 Å². The van der Waals surface area contributed by atoms with Gasteiger partial charge in [-0.1, -0.05) is 30.3 Å². The molecule has 2 fully saturated rings. The Labute approximate surface area is 106 Å². The van der Waals surface area contributed by atoms with Crippen LogP contribution >= 0.6 is 0 Å². The van der Waals surface area contributed by atoms with Crippen molar-refractivity contribution in [3.63, 3.8) is 0 Å². The van der Waals surface area contributed by atoms with Gasteiger partial charge in [0.2, 0.25) is 0 Å².